The molecule has 0 saturated carbocycles. The van der Waals surface area contributed by atoms with Crippen molar-refractivity contribution in [2.45, 2.75) is 6.54 Å². The molecule has 0 aliphatic rings. The molecule has 26 heavy (non-hydrogen) atoms. The average molecular weight is 351 g/mol. The smallest absolute Gasteiger partial charge is 0.244 e. The maximum atomic E-state index is 13.8. The molecule has 2 aromatic carbocycles. The molecule has 0 unspecified atom stereocenters. The topological polar surface area (TPSA) is 51.5 Å². The first kappa shape index (κ1) is 17.5. The van der Waals surface area contributed by atoms with Crippen LogP contribution in [-0.2, 0) is 11.3 Å². The van der Waals surface area contributed by atoms with Gasteiger partial charge in [-0.2, -0.15) is 0 Å². The summed E-state index contributed by atoms with van der Waals surface area (Å²) < 4.78 is 24.4. The lowest BCUT2D eigenvalue weighted by molar-refractivity contribution is -0.116. The van der Waals surface area contributed by atoms with E-state index in [-0.39, 0.29) is 11.7 Å². The summed E-state index contributed by atoms with van der Waals surface area (Å²) in [6.07, 6.45) is 2.93. The molecular weight excluding hydrogens is 333 g/mol. The van der Waals surface area contributed by atoms with E-state index in [0.29, 0.717) is 23.6 Å². The zero-order valence-electron chi connectivity index (χ0n) is 14.2. The fourth-order valence-corrected chi connectivity index (χ4v) is 2.40. The Balaban J connectivity index is 1.57. The van der Waals surface area contributed by atoms with Crippen molar-refractivity contribution in [2.24, 2.45) is 0 Å². The fourth-order valence-electron chi connectivity index (χ4n) is 2.40. The van der Waals surface area contributed by atoms with E-state index >= 15 is 0 Å². The number of halogens is 1. The number of amides is 1. The third-order valence-corrected chi connectivity index (χ3v) is 3.79. The predicted molar refractivity (Wildman–Crippen MR) is 98.0 cm³/mol. The van der Waals surface area contributed by atoms with Gasteiger partial charge in [0.1, 0.15) is 23.1 Å². The van der Waals surface area contributed by atoms with E-state index < -0.39 is 0 Å². The molecule has 0 radical (unpaired) electrons. The van der Waals surface area contributed by atoms with Crippen LogP contribution in [0.4, 0.5) is 4.39 Å². The van der Waals surface area contributed by atoms with E-state index in [1.807, 2.05) is 24.3 Å². The Morgan fingerprint density at radius 3 is 2.62 bits per heavy atom. The maximum absolute atomic E-state index is 13.8. The van der Waals surface area contributed by atoms with E-state index in [2.05, 4.69) is 5.32 Å². The van der Waals surface area contributed by atoms with Crippen molar-refractivity contribution in [3.63, 3.8) is 0 Å². The van der Waals surface area contributed by atoms with Gasteiger partial charge in [-0.25, -0.2) is 4.39 Å². The summed E-state index contributed by atoms with van der Waals surface area (Å²) in [6.45, 7) is 0.409. The van der Waals surface area contributed by atoms with Gasteiger partial charge in [0.05, 0.1) is 12.7 Å². The van der Waals surface area contributed by atoms with E-state index in [4.69, 9.17) is 9.15 Å². The third-order valence-electron chi connectivity index (χ3n) is 3.79. The Bertz CT molecular complexity index is 913. The van der Waals surface area contributed by atoms with Crippen LogP contribution < -0.4 is 10.1 Å². The molecule has 1 heterocycles. The first-order valence-corrected chi connectivity index (χ1v) is 8.09. The largest absolute Gasteiger partial charge is 0.497 e. The van der Waals surface area contributed by atoms with Crippen LogP contribution in [0.2, 0.25) is 0 Å². The number of ether oxygens (including phenoxy) is 1. The lowest BCUT2D eigenvalue weighted by Gasteiger charge is -2.04. The number of methoxy groups -OCH3 is 1. The van der Waals surface area contributed by atoms with Crippen LogP contribution >= 0.6 is 0 Å². The average Bonchev–Trinajstić information content (AvgIpc) is 3.14. The van der Waals surface area contributed by atoms with Gasteiger partial charge in [-0.05, 0) is 48.0 Å². The molecule has 0 aliphatic carbocycles. The SMILES string of the molecule is COc1ccc(CNC(=O)/C=C/c2ccc(-c3ccccc3F)o2)cc1. The highest BCUT2D eigenvalue weighted by molar-refractivity contribution is 5.91. The van der Waals surface area contributed by atoms with Crippen LogP contribution in [0, 0.1) is 5.82 Å². The number of carbonyl (C=O) groups excluding carboxylic acids is 1. The molecule has 0 fully saturated rings. The summed E-state index contributed by atoms with van der Waals surface area (Å²) in [5.41, 5.74) is 1.35. The minimum atomic E-state index is -0.352. The van der Waals surface area contributed by atoms with Crippen LogP contribution in [0.15, 0.2) is 71.2 Å². The summed E-state index contributed by atoms with van der Waals surface area (Å²) >= 11 is 0. The number of hydrogen-bond donors (Lipinski definition) is 1. The van der Waals surface area contributed by atoms with Gasteiger partial charge >= 0.3 is 0 Å². The molecule has 1 amide bonds. The van der Waals surface area contributed by atoms with Crippen LogP contribution in [0.3, 0.4) is 0 Å². The lowest BCUT2D eigenvalue weighted by Crippen LogP contribution is -2.20. The minimum Gasteiger partial charge on any atom is -0.497 e. The second kappa shape index (κ2) is 8.16. The van der Waals surface area contributed by atoms with Crippen LogP contribution in [0.5, 0.6) is 5.75 Å². The van der Waals surface area contributed by atoms with Crippen LogP contribution in [0.1, 0.15) is 11.3 Å². The highest BCUT2D eigenvalue weighted by Gasteiger charge is 2.08. The van der Waals surface area contributed by atoms with Gasteiger partial charge < -0.3 is 14.5 Å². The molecule has 3 rings (SSSR count). The van der Waals surface area contributed by atoms with Gasteiger partial charge in [-0.3, -0.25) is 4.79 Å². The predicted octanol–water partition coefficient (Wildman–Crippen LogP) is 4.42. The van der Waals surface area contributed by atoms with E-state index in [0.717, 1.165) is 11.3 Å². The molecule has 4 nitrogen and oxygen atoms in total. The Hall–Kier alpha value is -3.34. The molecule has 5 heteroatoms. The van der Waals surface area contributed by atoms with E-state index in [1.54, 1.807) is 43.5 Å². The standard InChI is InChI=1S/C21H18FNO3/c1-25-16-8-6-15(7-9-16)14-23-21(24)13-11-17-10-12-20(26-17)18-4-2-3-5-19(18)22/h2-13H,14H2,1H3,(H,23,24)/b13-11+. The van der Waals surface area contributed by atoms with E-state index in [1.165, 1.54) is 12.1 Å². The van der Waals surface area contributed by atoms with Crippen LogP contribution in [0.25, 0.3) is 17.4 Å². The Labute approximate surface area is 150 Å². The monoisotopic (exact) mass is 351 g/mol. The van der Waals surface area contributed by atoms with Crippen molar-refractivity contribution in [1.82, 2.24) is 5.32 Å². The number of furan rings is 1. The van der Waals surface area contributed by atoms with Gasteiger partial charge in [0.2, 0.25) is 5.91 Å². The molecule has 0 aliphatic heterocycles. The van der Waals surface area contributed by atoms with Gasteiger partial charge in [0, 0.05) is 12.6 Å². The van der Waals surface area contributed by atoms with Gasteiger partial charge in [-0.15, -0.1) is 0 Å². The fraction of sp³-hybridized carbons (Fsp3) is 0.0952. The molecule has 132 valence electrons. The highest BCUT2D eigenvalue weighted by atomic mass is 19.1. The molecule has 0 atom stereocenters. The van der Waals surface area contributed by atoms with Crippen molar-refractivity contribution in [3.05, 3.63) is 83.9 Å². The molecular formula is C21H18FNO3. The highest BCUT2D eigenvalue weighted by Crippen LogP contribution is 2.25. The van der Waals surface area contributed by atoms with Gasteiger partial charge in [0.15, 0.2) is 0 Å². The zero-order valence-corrected chi connectivity index (χ0v) is 14.2. The molecule has 3 aromatic rings. The molecule has 1 aromatic heterocycles. The quantitative estimate of drug-likeness (QED) is 0.669. The Morgan fingerprint density at radius 2 is 1.88 bits per heavy atom. The normalized spacial score (nSPS) is 10.8. The van der Waals surface area contributed by atoms with Gasteiger partial charge in [0.25, 0.3) is 0 Å². The summed E-state index contributed by atoms with van der Waals surface area (Å²) in [6, 6.07) is 17.2. The van der Waals surface area contributed by atoms with Crippen LogP contribution in [-0.4, -0.2) is 13.0 Å². The van der Waals surface area contributed by atoms with Gasteiger partial charge in [-0.1, -0.05) is 24.3 Å². The molecule has 0 bridgehead atoms. The van der Waals surface area contributed by atoms with E-state index in [9.17, 15) is 9.18 Å². The van der Waals surface area contributed by atoms with Crippen molar-refractivity contribution in [1.29, 1.82) is 0 Å². The van der Waals surface area contributed by atoms with Crippen molar-refractivity contribution in [2.75, 3.05) is 7.11 Å². The summed E-state index contributed by atoms with van der Waals surface area (Å²) in [5, 5.41) is 2.79. The Morgan fingerprint density at radius 1 is 1.12 bits per heavy atom. The first-order chi connectivity index (χ1) is 12.7. The molecule has 0 spiro atoms. The zero-order chi connectivity index (χ0) is 18.4. The molecule has 0 saturated heterocycles. The van der Waals surface area contributed by atoms with Crippen molar-refractivity contribution in [3.8, 4) is 17.1 Å². The number of rotatable bonds is 6. The minimum absolute atomic E-state index is 0.246. The Kier molecular flexibility index (Phi) is 5.49. The first-order valence-electron chi connectivity index (χ1n) is 8.09. The number of carbonyl (C=O) groups is 1. The number of hydrogen-bond acceptors (Lipinski definition) is 3. The molecule has 1 N–H and O–H groups in total. The second-order valence-electron chi connectivity index (χ2n) is 5.58. The summed E-state index contributed by atoms with van der Waals surface area (Å²) in [7, 11) is 1.60. The second-order valence-corrected chi connectivity index (χ2v) is 5.58. The number of benzene rings is 2. The van der Waals surface area contributed by atoms with Crippen molar-refractivity contribution >= 4 is 12.0 Å². The lowest BCUT2D eigenvalue weighted by atomic mass is 10.1. The summed E-state index contributed by atoms with van der Waals surface area (Å²) in [4.78, 5) is 11.9. The summed E-state index contributed by atoms with van der Waals surface area (Å²) in [5.74, 6) is 1.06. The third kappa shape index (κ3) is 4.39. The van der Waals surface area contributed by atoms with Crippen molar-refractivity contribution < 1.29 is 18.3 Å². The number of nitrogens with one attached hydrogen (secondary N) is 1. The maximum Gasteiger partial charge on any atom is 0.244 e.